The number of amides is 1. The Morgan fingerprint density at radius 1 is 1.57 bits per heavy atom. The van der Waals surface area contributed by atoms with Crippen LogP contribution in [-0.4, -0.2) is 18.1 Å². The lowest BCUT2D eigenvalue weighted by molar-refractivity contribution is -0.122. The van der Waals surface area contributed by atoms with Gasteiger partial charge in [0.05, 0.1) is 19.4 Å². The number of hydroxylamine groups is 1. The molecule has 0 atom stereocenters. The standard InChI is InChI=1S/C10H13NO3/c1-8(13)11(14-2)10-5-3-4-9(6-10)7-12/h3-6,12H,7H2,1-2H3. The third-order valence-corrected chi connectivity index (χ3v) is 1.80. The molecule has 0 radical (unpaired) electrons. The van der Waals surface area contributed by atoms with Crippen LogP contribution in [0, 0.1) is 0 Å². The highest BCUT2D eigenvalue weighted by molar-refractivity contribution is 5.89. The number of anilines is 1. The molecule has 0 saturated carbocycles. The van der Waals surface area contributed by atoms with Gasteiger partial charge in [-0.05, 0) is 17.7 Å². The molecule has 76 valence electrons. The van der Waals surface area contributed by atoms with Crippen LogP contribution >= 0.6 is 0 Å². The fourth-order valence-corrected chi connectivity index (χ4v) is 1.20. The number of benzene rings is 1. The Balaban J connectivity index is 2.98. The molecule has 1 amide bonds. The molecule has 1 N–H and O–H groups in total. The summed E-state index contributed by atoms with van der Waals surface area (Å²) in [4.78, 5) is 16.0. The van der Waals surface area contributed by atoms with Gasteiger partial charge in [-0.1, -0.05) is 12.1 Å². The van der Waals surface area contributed by atoms with Crippen molar-refractivity contribution in [1.82, 2.24) is 0 Å². The second-order valence-electron chi connectivity index (χ2n) is 2.82. The van der Waals surface area contributed by atoms with Gasteiger partial charge in [-0.3, -0.25) is 9.63 Å². The van der Waals surface area contributed by atoms with Crippen molar-refractivity contribution in [2.45, 2.75) is 13.5 Å². The molecule has 1 aromatic carbocycles. The SMILES string of the molecule is CON(C(C)=O)c1cccc(CO)c1. The normalized spacial score (nSPS) is 9.93. The predicted molar refractivity (Wildman–Crippen MR) is 52.5 cm³/mol. The molecule has 1 rings (SSSR count). The molecule has 0 heterocycles. The Morgan fingerprint density at radius 2 is 2.29 bits per heavy atom. The molecular formula is C10H13NO3. The molecule has 0 aromatic heterocycles. The number of hydrogen-bond donors (Lipinski definition) is 1. The quantitative estimate of drug-likeness (QED) is 0.734. The molecule has 0 saturated heterocycles. The van der Waals surface area contributed by atoms with Crippen molar-refractivity contribution >= 4 is 11.6 Å². The zero-order valence-electron chi connectivity index (χ0n) is 8.23. The van der Waals surface area contributed by atoms with Crippen LogP contribution in [0.5, 0.6) is 0 Å². The van der Waals surface area contributed by atoms with E-state index in [4.69, 9.17) is 9.94 Å². The Labute approximate surface area is 82.7 Å². The lowest BCUT2D eigenvalue weighted by atomic mass is 10.2. The Hall–Kier alpha value is -1.39. The van der Waals surface area contributed by atoms with E-state index in [-0.39, 0.29) is 12.5 Å². The van der Waals surface area contributed by atoms with Crippen LogP contribution < -0.4 is 5.06 Å². The lowest BCUT2D eigenvalue weighted by Gasteiger charge is -2.17. The van der Waals surface area contributed by atoms with Crippen LogP contribution in [0.1, 0.15) is 12.5 Å². The van der Waals surface area contributed by atoms with E-state index >= 15 is 0 Å². The highest BCUT2D eigenvalue weighted by Crippen LogP contribution is 2.16. The summed E-state index contributed by atoms with van der Waals surface area (Å²) < 4.78 is 0. The van der Waals surface area contributed by atoms with Gasteiger partial charge in [0.15, 0.2) is 0 Å². The summed E-state index contributed by atoms with van der Waals surface area (Å²) in [6, 6.07) is 6.97. The van der Waals surface area contributed by atoms with Gasteiger partial charge in [-0.2, -0.15) is 5.06 Å². The average molecular weight is 195 g/mol. The highest BCUT2D eigenvalue weighted by Gasteiger charge is 2.10. The molecular weight excluding hydrogens is 182 g/mol. The van der Waals surface area contributed by atoms with Crippen molar-refractivity contribution in [2.75, 3.05) is 12.2 Å². The van der Waals surface area contributed by atoms with Gasteiger partial charge in [0.25, 0.3) is 0 Å². The number of aliphatic hydroxyl groups excluding tert-OH is 1. The summed E-state index contributed by atoms with van der Waals surface area (Å²) in [5.74, 6) is -0.206. The number of rotatable bonds is 3. The maximum atomic E-state index is 11.1. The van der Waals surface area contributed by atoms with E-state index in [0.29, 0.717) is 5.69 Å². The summed E-state index contributed by atoms with van der Waals surface area (Å²) in [5, 5.41) is 10.1. The molecule has 4 nitrogen and oxygen atoms in total. The summed E-state index contributed by atoms with van der Waals surface area (Å²) >= 11 is 0. The van der Waals surface area contributed by atoms with Gasteiger partial charge in [0.2, 0.25) is 5.91 Å². The van der Waals surface area contributed by atoms with Crippen LogP contribution in [0.25, 0.3) is 0 Å². The average Bonchev–Trinajstić information content (AvgIpc) is 2.19. The fourth-order valence-electron chi connectivity index (χ4n) is 1.20. The van der Waals surface area contributed by atoms with Crippen LogP contribution in [0.2, 0.25) is 0 Å². The van der Waals surface area contributed by atoms with Gasteiger partial charge in [0, 0.05) is 6.92 Å². The molecule has 0 aliphatic rings. The molecule has 14 heavy (non-hydrogen) atoms. The molecule has 0 aliphatic heterocycles. The van der Waals surface area contributed by atoms with E-state index in [1.165, 1.54) is 19.1 Å². The van der Waals surface area contributed by atoms with Gasteiger partial charge in [-0.25, -0.2) is 0 Å². The molecule has 0 fully saturated rings. The topological polar surface area (TPSA) is 49.8 Å². The summed E-state index contributed by atoms with van der Waals surface area (Å²) in [5.41, 5.74) is 1.36. The molecule has 4 heteroatoms. The second kappa shape index (κ2) is 4.74. The minimum atomic E-state index is -0.206. The van der Waals surface area contributed by atoms with E-state index in [1.807, 2.05) is 0 Å². The predicted octanol–water partition coefficient (Wildman–Crippen LogP) is 1.09. The summed E-state index contributed by atoms with van der Waals surface area (Å²) in [7, 11) is 1.42. The first kappa shape index (κ1) is 10.7. The third-order valence-electron chi connectivity index (χ3n) is 1.80. The van der Waals surface area contributed by atoms with Crippen molar-refractivity contribution < 1.29 is 14.7 Å². The Bertz CT molecular complexity index is 325. The number of aliphatic hydroxyl groups is 1. The van der Waals surface area contributed by atoms with Crippen molar-refractivity contribution in [2.24, 2.45) is 0 Å². The maximum absolute atomic E-state index is 11.1. The molecule has 0 aliphatic carbocycles. The smallest absolute Gasteiger partial charge is 0.247 e. The van der Waals surface area contributed by atoms with E-state index in [9.17, 15) is 4.79 Å². The van der Waals surface area contributed by atoms with Crippen LogP contribution in [-0.2, 0) is 16.2 Å². The minimum absolute atomic E-state index is 0.0523. The van der Waals surface area contributed by atoms with Gasteiger partial charge >= 0.3 is 0 Å². The van der Waals surface area contributed by atoms with Crippen molar-refractivity contribution in [3.05, 3.63) is 29.8 Å². The second-order valence-corrected chi connectivity index (χ2v) is 2.82. The first-order chi connectivity index (χ1) is 6.69. The Morgan fingerprint density at radius 3 is 2.79 bits per heavy atom. The van der Waals surface area contributed by atoms with E-state index in [1.54, 1.807) is 24.3 Å². The number of nitrogens with zero attached hydrogens (tertiary/aromatic N) is 1. The summed E-state index contributed by atoms with van der Waals surface area (Å²) in [6.07, 6.45) is 0. The fraction of sp³-hybridized carbons (Fsp3) is 0.300. The van der Waals surface area contributed by atoms with Gasteiger partial charge < -0.3 is 5.11 Å². The summed E-state index contributed by atoms with van der Waals surface area (Å²) in [6.45, 7) is 1.36. The lowest BCUT2D eigenvalue weighted by Crippen LogP contribution is -2.26. The molecule has 0 spiro atoms. The van der Waals surface area contributed by atoms with Gasteiger partial charge in [0.1, 0.15) is 0 Å². The first-order valence-electron chi connectivity index (χ1n) is 4.23. The zero-order valence-corrected chi connectivity index (χ0v) is 8.23. The van der Waals surface area contributed by atoms with E-state index < -0.39 is 0 Å². The van der Waals surface area contributed by atoms with Crippen LogP contribution in [0.4, 0.5) is 5.69 Å². The largest absolute Gasteiger partial charge is 0.392 e. The van der Waals surface area contributed by atoms with E-state index in [2.05, 4.69) is 0 Å². The number of carbonyl (C=O) groups excluding carboxylic acids is 1. The monoisotopic (exact) mass is 195 g/mol. The molecule has 0 unspecified atom stereocenters. The maximum Gasteiger partial charge on any atom is 0.247 e. The zero-order chi connectivity index (χ0) is 10.6. The van der Waals surface area contributed by atoms with Crippen LogP contribution in [0.15, 0.2) is 24.3 Å². The Kier molecular flexibility index (Phi) is 3.62. The van der Waals surface area contributed by atoms with Gasteiger partial charge in [-0.15, -0.1) is 0 Å². The van der Waals surface area contributed by atoms with Crippen molar-refractivity contribution in [3.63, 3.8) is 0 Å². The molecule has 1 aromatic rings. The number of hydrogen-bond acceptors (Lipinski definition) is 3. The minimum Gasteiger partial charge on any atom is -0.392 e. The number of carbonyl (C=O) groups is 1. The van der Waals surface area contributed by atoms with Crippen LogP contribution in [0.3, 0.4) is 0 Å². The van der Waals surface area contributed by atoms with E-state index in [0.717, 1.165) is 5.56 Å². The third kappa shape index (κ3) is 2.31. The molecule has 0 bridgehead atoms. The van der Waals surface area contributed by atoms with Crippen molar-refractivity contribution in [1.29, 1.82) is 0 Å². The van der Waals surface area contributed by atoms with Crippen molar-refractivity contribution in [3.8, 4) is 0 Å². The highest BCUT2D eigenvalue weighted by atomic mass is 16.7. The first-order valence-corrected chi connectivity index (χ1v) is 4.23.